The van der Waals surface area contributed by atoms with E-state index in [1.807, 2.05) is 16.8 Å². The number of fused-ring (bicyclic) bond motifs is 1. The Morgan fingerprint density at radius 1 is 1.39 bits per heavy atom. The molecule has 0 saturated carbocycles. The summed E-state index contributed by atoms with van der Waals surface area (Å²) in [5, 5.41) is 13.6. The molecule has 0 bridgehead atoms. The van der Waals surface area contributed by atoms with E-state index in [4.69, 9.17) is 0 Å². The van der Waals surface area contributed by atoms with Crippen LogP contribution in [0.2, 0.25) is 0 Å². The zero-order chi connectivity index (χ0) is 13.0. The number of aromatic nitrogens is 2. The highest BCUT2D eigenvalue weighted by atomic mass is 16.3. The van der Waals surface area contributed by atoms with Crippen LogP contribution in [0.5, 0.6) is 0 Å². The summed E-state index contributed by atoms with van der Waals surface area (Å²) >= 11 is 0. The van der Waals surface area contributed by atoms with Gasteiger partial charge in [0, 0.05) is 18.3 Å². The average molecular weight is 247 g/mol. The van der Waals surface area contributed by atoms with Crippen LogP contribution in [-0.2, 0) is 13.2 Å². The summed E-state index contributed by atoms with van der Waals surface area (Å²) in [6, 6.07) is 4.11. The normalized spacial score (nSPS) is 11.6. The number of aliphatic hydroxyl groups excluding tert-OH is 1. The van der Waals surface area contributed by atoms with Crippen molar-refractivity contribution in [3.63, 3.8) is 0 Å². The Kier molecular flexibility index (Phi) is 4.33. The number of aliphatic hydroxyl groups is 1. The van der Waals surface area contributed by atoms with Gasteiger partial charge < -0.3 is 10.0 Å². The van der Waals surface area contributed by atoms with Crippen LogP contribution in [-0.4, -0.2) is 33.2 Å². The van der Waals surface area contributed by atoms with Crippen LogP contribution < -0.4 is 0 Å². The van der Waals surface area contributed by atoms with E-state index in [9.17, 15) is 5.11 Å². The molecule has 2 heterocycles. The van der Waals surface area contributed by atoms with Crippen LogP contribution in [0.1, 0.15) is 30.9 Å². The van der Waals surface area contributed by atoms with Gasteiger partial charge in [-0.3, -0.25) is 0 Å². The standard InChI is InChI=1S/C14H21N3O/c1-3-4-7-16(2)10-12-6-5-8-17-14(12)13(11-18)9-15-17/h5-6,8-9,18H,3-4,7,10-11H2,1-2H3. The minimum atomic E-state index is 0.0409. The molecule has 4 nitrogen and oxygen atoms in total. The van der Waals surface area contributed by atoms with Crippen LogP contribution in [0.15, 0.2) is 24.5 Å². The van der Waals surface area contributed by atoms with Gasteiger partial charge in [-0.15, -0.1) is 0 Å². The smallest absolute Gasteiger partial charge is 0.0761 e. The van der Waals surface area contributed by atoms with Crippen LogP contribution in [0.4, 0.5) is 0 Å². The molecule has 1 N–H and O–H groups in total. The first-order chi connectivity index (χ1) is 8.76. The molecule has 2 rings (SSSR count). The third-order valence-corrected chi connectivity index (χ3v) is 3.20. The zero-order valence-electron chi connectivity index (χ0n) is 11.1. The van der Waals surface area contributed by atoms with Crippen molar-refractivity contribution in [1.82, 2.24) is 14.5 Å². The number of pyridine rings is 1. The molecule has 0 saturated heterocycles. The van der Waals surface area contributed by atoms with Crippen LogP contribution >= 0.6 is 0 Å². The molecule has 0 radical (unpaired) electrons. The summed E-state index contributed by atoms with van der Waals surface area (Å²) in [5.74, 6) is 0. The van der Waals surface area contributed by atoms with Gasteiger partial charge in [0.15, 0.2) is 0 Å². The molecule has 0 amide bonds. The third-order valence-electron chi connectivity index (χ3n) is 3.20. The van der Waals surface area contributed by atoms with Crippen LogP contribution in [0.3, 0.4) is 0 Å². The van der Waals surface area contributed by atoms with Gasteiger partial charge in [-0.1, -0.05) is 19.4 Å². The summed E-state index contributed by atoms with van der Waals surface area (Å²) in [7, 11) is 2.13. The fourth-order valence-electron chi connectivity index (χ4n) is 2.23. The predicted molar refractivity (Wildman–Crippen MR) is 72.4 cm³/mol. The van der Waals surface area contributed by atoms with E-state index in [0.717, 1.165) is 24.2 Å². The second-order valence-corrected chi connectivity index (χ2v) is 4.75. The lowest BCUT2D eigenvalue weighted by molar-refractivity contribution is 0.283. The molecule has 0 aliphatic heterocycles. The van der Waals surface area contributed by atoms with E-state index < -0.39 is 0 Å². The Morgan fingerprint density at radius 2 is 2.22 bits per heavy atom. The predicted octanol–water partition coefficient (Wildman–Crippen LogP) is 2.06. The van der Waals surface area contributed by atoms with Crippen molar-refractivity contribution in [2.24, 2.45) is 0 Å². The zero-order valence-corrected chi connectivity index (χ0v) is 11.1. The molecule has 0 unspecified atom stereocenters. The highest BCUT2D eigenvalue weighted by Crippen LogP contribution is 2.17. The Hall–Kier alpha value is -1.39. The molecule has 2 aromatic rings. The van der Waals surface area contributed by atoms with E-state index >= 15 is 0 Å². The number of hydrogen-bond donors (Lipinski definition) is 1. The average Bonchev–Trinajstić information content (AvgIpc) is 2.80. The molecule has 98 valence electrons. The van der Waals surface area contributed by atoms with Crippen LogP contribution in [0, 0.1) is 0 Å². The topological polar surface area (TPSA) is 40.8 Å². The fraction of sp³-hybridized carbons (Fsp3) is 0.500. The molecule has 2 aromatic heterocycles. The number of nitrogens with zero attached hydrogens (tertiary/aromatic N) is 3. The lowest BCUT2D eigenvalue weighted by Gasteiger charge is -2.17. The van der Waals surface area contributed by atoms with Gasteiger partial charge in [0.05, 0.1) is 18.3 Å². The second kappa shape index (κ2) is 5.98. The minimum Gasteiger partial charge on any atom is -0.392 e. The molecular weight excluding hydrogens is 226 g/mol. The lowest BCUT2D eigenvalue weighted by atomic mass is 10.1. The molecule has 0 aliphatic rings. The Balaban J connectivity index is 2.24. The van der Waals surface area contributed by atoms with Gasteiger partial charge in [-0.2, -0.15) is 5.10 Å². The maximum atomic E-state index is 9.36. The van der Waals surface area contributed by atoms with E-state index in [2.05, 4.69) is 30.0 Å². The minimum absolute atomic E-state index is 0.0409. The monoisotopic (exact) mass is 247 g/mol. The van der Waals surface area contributed by atoms with Crippen LogP contribution in [0.25, 0.3) is 5.52 Å². The fourth-order valence-corrected chi connectivity index (χ4v) is 2.23. The molecule has 4 heteroatoms. The maximum Gasteiger partial charge on any atom is 0.0761 e. The Bertz CT molecular complexity index is 507. The van der Waals surface area contributed by atoms with Gasteiger partial charge in [0.1, 0.15) is 0 Å². The maximum absolute atomic E-state index is 9.36. The Labute approximate surface area is 108 Å². The largest absolute Gasteiger partial charge is 0.392 e. The molecule has 0 atom stereocenters. The van der Waals surface area contributed by atoms with E-state index in [1.54, 1.807) is 6.20 Å². The highest BCUT2D eigenvalue weighted by Gasteiger charge is 2.09. The van der Waals surface area contributed by atoms with Crippen molar-refractivity contribution in [2.45, 2.75) is 32.9 Å². The summed E-state index contributed by atoms with van der Waals surface area (Å²) in [5.41, 5.74) is 3.16. The lowest BCUT2D eigenvalue weighted by Crippen LogP contribution is -2.19. The van der Waals surface area contributed by atoms with Crippen molar-refractivity contribution >= 4 is 5.52 Å². The summed E-state index contributed by atoms with van der Waals surface area (Å²) in [4.78, 5) is 2.31. The van der Waals surface area contributed by atoms with Crippen molar-refractivity contribution in [3.8, 4) is 0 Å². The number of rotatable bonds is 6. The second-order valence-electron chi connectivity index (χ2n) is 4.75. The first kappa shape index (κ1) is 13.1. The molecule has 18 heavy (non-hydrogen) atoms. The van der Waals surface area contributed by atoms with Crippen molar-refractivity contribution in [2.75, 3.05) is 13.6 Å². The van der Waals surface area contributed by atoms with Gasteiger partial charge in [0.2, 0.25) is 0 Å². The summed E-state index contributed by atoms with van der Waals surface area (Å²) in [6.07, 6.45) is 6.09. The first-order valence-corrected chi connectivity index (χ1v) is 6.49. The van der Waals surface area contributed by atoms with Gasteiger partial charge >= 0.3 is 0 Å². The molecule has 0 aliphatic carbocycles. The van der Waals surface area contributed by atoms with Gasteiger partial charge in [-0.05, 0) is 31.6 Å². The molecule has 0 spiro atoms. The highest BCUT2D eigenvalue weighted by molar-refractivity contribution is 5.60. The number of hydrogen-bond acceptors (Lipinski definition) is 3. The SMILES string of the molecule is CCCCN(C)Cc1cccn2ncc(CO)c12. The van der Waals surface area contributed by atoms with Gasteiger partial charge in [-0.25, -0.2) is 4.52 Å². The molecule has 0 fully saturated rings. The van der Waals surface area contributed by atoms with Gasteiger partial charge in [0.25, 0.3) is 0 Å². The summed E-state index contributed by atoms with van der Waals surface area (Å²) < 4.78 is 1.84. The van der Waals surface area contributed by atoms with Crippen molar-refractivity contribution < 1.29 is 5.11 Å². The van der Waals surface area contributed by atoms with E-state index in [0.29, 0.717) is 0 Å². The summed E-state index contributed by atoms with van der Waals surface area (Å²) in [6.45, 7) is 4.23. The molecule has 0 aromatic carbocycles. The van der Waals surface area contributed by atoms with E-state index in [-0.39, 0.29) is 6.61 Å². The third kappa shape index (κ3) is 2.71. The quantitative estimate of drug-likeness (QED) is 0.849. The van der Waals surface area contributed by atoms with E-state index in [1.165, 1.54) is 18.4 Å². The first-order valence-electron chi connectivity index (χ1n) is 6.49. The Morgan fingerprint density at radius 3 is 2.94 bits per heavy atom. The number of unbranched alkanes of at least 4 members (excludes halogenated alkanes) is 1. The molecular formula is C14H21N3O. The van der Waals surface area contributed by atoms with Crippen molar-refractivity contribution in [3.05, 3.63) is 35.7 Å². The van der Waals surface area contributed by atoms with Crippen molar-refractivity contribution in [1.29, 1.82) is 0 Å².